The Hall–Kier alpha value is -2.01. The number of hydrazine groups is 1. The van der Waals surface area contributed by atoms with Crippen molar-refractivity contribution in [3.8, 4) is 0 Å². The van der Waals surface area contributed by atoms with Crippen molar-refractivity contribution in [2.75, 3.05) is 17.4 Å². The number of hydrogen-bond acceptors (Lipinski definition) is 5. The van der Waals surface area contributed by atoms with E-state index < -0.39 is 0 Å². The third kappa shape index (κ3) is 2.32. The molecule has 0 fully saturated rings. The maximum atomic E-state index is 5.31. The molecule has 0 spiro atoms. The number of anilines is 2. The van der Waals surface area contributed by atoms with Gasteiger partial charge in [-0.3, -0.25) is 0 Å². The molecular weight excluding hydrogens is 204 g/mol. The molecule has 2 heterocycles. The van der Waals surface area contributed by atoms with E-state index in [0.717, 1.165) is 11.6 Å². The predicted octanol–water partition coefficient (Wildman–Crippen LogP) is 1.60. The lowest BCUT2D eigenvalue weighted by Gasteiger charge is -2.17. The first-order valence-corrected chi connectivity index (χ1v) is 4.97. The lowest BCUT2D eigenvalue weighted by Crippen LogP contribution is -2.18. The van der Waals surface area contributed by atoms with Crippen molar-refractivity contribution >= 4 is 11.6 Å². The number of furan rings is 1. The van der Waals surface area contributed by atoms with Crippen LogP contribution in [0.3, 0.4) is 0 Å². The highest BCUT2D eigenvalue weighted by Gasteiger charge is 2.05. The van der Waals surface area contributed by atoms with Crippen LogP contribution in [0.5, 0.6) is 0 Å². The predicted molar refractivity (Wildman–Crippen MR) is 62.9 cm³/mol. The molecule has 16 heavy (non-hydrogen) atoms. The molecule has 3 N–H and O–H groups in total. The third-order valence-electron chi connectivity index (χ3n) is 2.25. The summed E-state index contributed by atoms with van der Waals surface area (Å²) in [5.74, 6) is 7.69. The van der Waals surface area contributed by atoms with E-state index in [4.69, 9.17) is 10.3 Å². The summed E-state index contributed by atoms with van der Waals surface area (Å²) in [6.45, 7) is 0.675. The van der Waals surface area contributed by atoms with Crippen molar-refractivity contribution in [2.45, 2.75) is 6.54 Å². The molecule has 0 aliphatic carbocycles. The fraction of sp³-hybridized carbons (Fsp3) is 0.182. The maximum absolute atomic E-state index is 5.31. The molecule has 2 rings (SSSR count). The van der Waals surface area contributed by atoms with Crippen molar-refractivity contribution in [3.63, 3.8) is 0 Å². The SMILES string of the molecule is CN(Cc1ccco1)c1cccc(NN)n1. The molecule has 2 aromatic heterocycles. The van der Waals surface area contributed by atoms with Gasteiger partial charge in [0.05, 0.1) is 12.8 Å². The van der Waals surface area contributed by atoms with E-state index in [0.29, 0.717) is 12.4 Å². The normalized spacial score (nSPS) is 10.1. The largest absolute Gasteiger partial charge is 0.467 e. The number of pyridine rings is 1. The molecule has 0 amide bonds. The number of nitrogens with one attached hydrogen (secondary N) is 1. The van der Waals surface area contributed by atoms with Crippen LogP contribution in [0.2, 0.25) is 0 Å². The Morgan fingerprint density at radius 2 is 2.25 bits per heavy atom. The van der Waals surface area contributed by atoms with Gasteiger partial charge >= 0.3 is 0 Å². The van der Waals surface area contributed by atoms with E-state index in [-0.39, 0.29) is 0 Å². The van der Waals surface area contributed by atoms with Gasteiger partial charge in [-0.15, -0.1) is 0 Å². The minimum absolute atomic E-state index is 0.642. The molecule has 0 saturated heterocycles. The number of nitrogens with two attached hydrogens (primary N) is 1. The van der Waals surface area contributed by atoms with Gasteiger partial charge in [0.25, 0.3) is 0 Å². The summed E-state index contributed by atoms with van der Waals surface area (Å²) in [6, 6.07) is 9.43. The smallest absolute Gasteiger partial charge is 0.142 e. The second-order valence-electron chi connectivity index (χ2n) is 3.46. The Morgan fingerprint density at radius 1 is 1.38 bits per heavy atom. The zero-order valence-electron chi connectivity index (χ0n) is 9.05. The second kappa shape index (κ2) is 4.67. The summed E-state index contributed by atoms with van der Waals surface area (Å²) in [7, 11) is 1.95. The van der Waals surface area contributed by atoms with Crippen molar-refractivity contribution in [2.24, 2.45) is 5.84 Å². The van der Waals surface area contributed by atoms with Gasteiger partial charge < -0.3 is 14.7 Å². The summed E-state index contributed by atoms with van der Waals surface area (Å²) >= 11 is 0. The molecule has 0 aliphatic heterocycles. The minimum Gasteiger partial charge on any atom is -0.467 e. The fourth-order valence-electron chi connectivity index (χ4n) is 1.43. The van der Waals surface area contributed by atoms with Crippen LogP contribution in [-0.2, 0) is 6.54 Å². The van der Waals surface area contributed by atoms with Crippen LogP contribution < -0.4 is 16.2 Å². The number of aromatic nitrogens is 1. The first-order chi connectivity index (χ1) is 7.79. The topological polar surface area (TPSA) is 67.3 Å². The number of nitrogens with zero attached hydrogens (tertiary/aromatic N) is 2. The van der Waals surface area contributed by atoms with Gasteiger partial charge in [0.1, 0.15) is 17.4 Å². The monoisotopic (exact) mass is 218 g/mol. The summed E-state index contributed by atoms with van der Waals surface area (Å²) in [5, 5.41) is 0. The van der Waals surface area contributed by atoms with E-state index in [1.165, 1.54) is 0 Å². The van der Waals surface area contributed by atoms with Crippen LogP contribution in [-0.4, -0.2) is 12.0 Å². The van der Waals surface area contributed by atoms with Gasteiger partial charge in [-0.05, 0) is 24.3 Å². The quantitative estimate of drug-likeness (QED) is 0.602. The highest BCUT2D eigenvalue weighted by molar-refractivity contribution is 5.45. The molecule has 0 unspecified atom stereocenters. The molecule has 5 heteroatoms. The van der Waals surface area contributed by atoms with Gasteiger partial charge in [-0.1, -0.05) is 6.07 Å². The molecular formula is C11H14N4O. The Labute approximate surface area is 93.9 Å². The second-order valence-corrected chi connectivity index (χ2v) is 3.46. The molecule has 0 aromatic carbocycles. The molecule has 0 radical (unpaired) electrons. The summed E-state index contributed by atoms with van der Waals surface area (Å²) in [5.41, 5.74) is 2.52. The minimum atomic E-state index is 0.642. The zero-order chi connectivity index (χ0) is 11.4. The standard InChI is InChI=1S/C11H14N4O/c1-15(8-9-4-3-7-16-9)11-6-2-5-10(13-11)14-12/h2-7H,8,12H2,1H3,(H,13,14). The first-order valence-electron chi connectivity index (χ1n) is 4.97. The molecule has 0 bridgehead atoms. The van der Waals surface area contributed by atoms with Gasteiger partial charge in [0, 0.05) is 7.05 Å². The van der Waals surface area contributed by atoms with Crippen LogP contribution in [0.4, 0.5) is 11.6 Å². The average molecular weight is 218 g/mol. The van der Waals surface area contributed by atoms with Crippen molar-refractivity contribution in [1.82, 2.24) is 4.98 Å². The molecule has 0 aliphatic rings. The van der Waals surface area contributed by atoms with Gasteiger partial charge in [-0.2, -0.15) is 0 Å². The lowest BCUT2D eigenvalue weighted by molar-refractivity contribution is 0.507. The van der Waals surface area contributed by atoms with E-state index in [9.17, 15) is 0 Å². The number of hydrogen-bond donors (Lipinski definition) is 2. The van der Waals surface area contributed by atoms with Crippen molar-refractivity contribution < 1.29 is 4.42 Å². The Bertz CT molecular complexity index is 441. The lowest BCUT2D eigenvalue weighted by atomic mass is 10.4. The fourth-order valence-corrected chi connectivity index (χ4v) is 1.43. The van der Waals surface area contributed by atoms with Crippen LogP contribution in [0.15, 0.2) is 41.0 Å². The molecule has 84 valence electrons. The Balaban J connectivity index is 2.11. The molecule has 0 atom stereocenters. The highest BCUT2D eigenvalue weighted by atomic mass is 16.3. The van der Waals surface area contributed by atoms with Crippen LogP contribution in [0.1, 0.15) is 5.76 Å². The summed E-state index contributed by atoms with van der Waals surface area (Å²) in [6.07, 6.45) is 1.66. The van der Waals surface area contributed by atoms with Crippen LogP contribution in [0.25, 0.3) is 0 Å². The number of rotatable bonds is 4. The van der Waals surface area contributed by atoms with E-state index >= 15 is 0 Å². The average Bonchev–Trinajstić information content (AvgIpc) is 2.82. The summed E-state index contributed by atoms with van der Waals surface area (Å²) < 4.78 is 5.27. The van der Waals surface area contributed by atoms with Gasteiger partial charge in [0.15, 0.2) is 0 Å². The van der Waals surface area contributed by atoms with Crippen LogP contribution in [0, 0.1) is 0 Å². The van der Waals surface area contributed by atoms with Crippen LogP contribution >= 0.6 is 0 Å². The Morgan fingerprint density at radius 3 is 2.94 bits per heavy atom. The molecule has 5 nitrogen and oxygen atoms in total. The number of nitrogen functional groups attached to an aromatic ring is 1. The van der Waals surface area contributed by atoms with Gasteiger partial charge in [-0.25, -0.2) is 10.8 Å². The van der Waals surface area contributed by atoms with Gasteiger partial charge in [0.2, 0.25) is 0 Å². The zero-order valence-corrected chi connectivity index (χ0v) is 9.05. The van der Waals surface area contributed by atoms with Crippen molar-refractivity contribution in [1.29, 1.82) is 0 Å². The summed E-state index contributed by atoms with van der Waals surface area (Å²) in [4.78, 5) is 6.31. The Kier molecular flexibility index (Phi) is 3.07. The van der Waals surface area contributed by atoms with E-state index in [1.807, 2.05) is 42.3 Å². The maximum Gasteiger partial charge on any atom is 0.142 e. The van der Waals surface area contributed by atoms with Crippen molar-refractivity contribution in [3.05, 3.63) is 42.4 Å². The first kappa shape index (κ1) is 10.5. The van der Waals surface area contributed by atoms with E-state index in [1.54, 1.807) is 6.26 Å². The third-order valence-corrected chi connectivity index (χ3v) is 2.25. The highest BCUT2D eigenvalue weighted by Crippen LogP contribution is 2.15. The molecule has 0 saturated carbocycles. The molecule has 2 aromatic rings. The van der Waals surface area contributed by atoms with E-state index in [2.05, 4.69) is 10.4 Å².